The minimum atomic E-state index is -1.34. The lowest BCUT2D eigenvalue weighted by Gasteiger charge is -2.45. The van der Waals surface area contributed by atoms with Crippen molar-refractivity contribution in [3.63, 3.8) is 0 Å². The van der Waals surface area contributed by atoms with E-state index in [9.17, 15) is 9.59 Å². The Labute approximate surface area is 249 Å². The number of carbonyl (C=O) groups excluding carboxylic acids is 2. The molecular formula is C31H32Cl2O8. The Morgan fingerprint density at radius 1 is 0.610 bits per heavy atom. The van der Waals surface area contributed by atoms with E-state index >= 15 is 0 Å². The third-order valence-corrected chi connectivity index (χ3v) is 6.73. The van der Waals surface area contributed by atoms with Gasteiger partial charge >= 0.3 is 11.9 Å². The summed E-state index contributed by atoms with van der Waals surface area (Å²) in [4.78, 5) is 24.7. The van der Waals surface area contributed by atoms with Crippen molar-refractivity contribution in [3.05, 3.63) is 108 Å². The highest BCUT2D eigenvalue weighted by atomic mass is 35.5. The molecule has 41 heavy (non-hydrogen) atoms. The fraction of sp³-hybridized carbons (Fsp3) is 0.355. The van der Waals surface area contributed by atoms with Crippen molar-refractivity contribution in [3.8, 4) is 0 Å². The summed E-state index contributed by atoms with van der Waals surface area (Å²) in [7, 11) is 0. The Kier molecular flexibility index (Phi) is 12.4. The van der Waals surface area contributed by atoms with Crippen LogP contribution in [0.2, 0.25) is 0 Å². The van der Waals surface area contributed by atoms with Crippen molar-refractivity contribution >= 4 is 35.1 Å². The number of esters is 2. The summed E-state index contributed by atoms with van der Waals surface area (Å²) in [6.07, 6.45) is -4.99. The van der Waals surface area contributed by atoms with Gasteiger partial charge in [0.05, 0.1) is 26.4 Å². The molecule has 0 bridgehead atoms. The maximum absolute atomic E-state index is 12.4. The molecule has 1 saturated heterocycles. The summed E-state index contributed by atoms with van der Waals surface area (Å²) in [5.41, 5.74) is 2.78. The van der Waals surface area contributed by atoms with Crippen LogP contribution in [-0.2, 0) is 57.8 Å². The number of carbonyl (C=O) groups is 2. The van der Waals surface area contributed by atoms with E-state index in [0.29, 0.717) is 6.61 Å². The second-order valence-electron chi connectivity index (χ2n) is 9.28. The third kappa shape index (κ3) is 9.53. The molecule has 218 valence electrons. The molecule has 0 aliphatic carbocycles. The number of ether oxygens (including phenoxy) is 6. The maximum Gasteiger partial charge on any atom is 0.323 e. The lowest BCUT2D eigenvalue weighted by molar-refractivity contribution is -0.312. The first kappa shape index (κ1) is 31.0. The van der Waals surface area contributed by atoms with E-state index in [2.05, 4.69) is 0 Å². The van der Waals surface area contributed by atoms with Crippen LogP contribution in [0.4, 0.5) is 0 Å². The SMILES string of the molecule is O=C(CCl)O[C@H]1O[C@H](COCc2ccccc2)[C@@H](OCc2ccccc2)[C@H](OCc2ccccc2)[C@H]1OC(=O)CCl. The number of hydrogen-bond donors (Lipinski definition) is 0. The summed E-state index contributed by atoms with van der Waals surface area (Å²) in [6, 6.07) is 28.8. The molecule has 0 spiro atoms. The van der Waals surface area contributed by atoms with Gasteiger partial charge in [-0.2, -0.15) is 0 Å². The molecule has 1 aliphatic rings. The Hall–Kier alpha value is -2.98. The number of alkyl halides is 2. The molecule has 1 aliphatic heterocycles. The monoisotopic (exact) mass is 602 g/mol. The molecule has 0 unspecified atom stereocenters. The quantitative estimate of drug-likeness (QED) is 0.187. The lowest BCUT2D eigenvalue weighted by Crippen LogP contribution is -2.62. The van der Waals surface area contributed by atoms with Crippen molar-refractivity contribution in [2.75, 3.05) is 18.4 Å². The van der Waals surface area contributed by atoms with Gasteiger partial charge in [0.2, 0.25) is 6.29 Å². The average Bonchev–Trinajstić information content (AvgIpc) is 3.02. The van der Waals surface area contributed by atoms with Gasteiger partial charge in [-0.1, -0.05) is 91.0 Å². The van der Waals surface area contributed by atoms with E-state index in [0.717, 1.165) is 16.7 Å². The van der Waals surface area contributed by atoms with E-state index in [1.54, 1.807) is 0 Å². The molecule has 4 rings (SSSR count). The van der Waals surface area contributed by atoms with Crippen LogP contribution < -0.4 is 0 Å². The molecule has 0 amide bonds. The van der Waals surface area contributed by atoms with Gasteiger partial charge in [0.15, 0.2) is 6.10 Å². The number of rotatable bonds is 14. The fourth-order valence-electron chi connectivity index (χ4n) is 4.37. The standard InChI is InChI=1S/C31H32Cl2O8/c32-16-26(34)40-30-29(38-20-24-14-8-3-9-15-24)28(37-19-23-12-6-2-7-13-23)25(39-31(30)41-27(35)17-33)21-36-18-22-10-4-1-5-11-22/h1-15,25,28-31H,16-21H2/t25-,28-,29+,30-,31-/m1/s1. The highest BCUT2D eigenvalue weighted by Crippen LogP contribution is 2.31. The van der Waals surface area contributed by atoms with Crippen LogP contribution in [0.25, 0.3) is 0 Å². The lowest BCUT2D eigenvalue weighted by atomic mass is 9.98. The Bertz CT molecular complexity index is 1200. The minimum Gasteiger partial charge on any atom is -0.452 e. The second-order valence-corrected chi connectivity index (χ2v) is 9.81. The highest BCUT2D eigenvalue weighted by molar-refractivity contribution is 6.26. The van der Waals surface area contributed by atoms with Gasteiger partial charge in [0.25, 0.3) is 0 Å². The zero-order chi connectivity index (χ0) is 28.9. The first-order chi connectivity index (χ1) is 20.1. The van der Waals surface area contributed by atoms with Gasteiger partial charge in [-0.25, -0.2) is 0 Å². The molecule has 0 aromatic heterocycles. The molecule has 0 saturated carbocycles. The van der Waals surface area contributed by atoms with Crippen LogP contribution in [0, 0.1) is 0 Å². The number of benzene rings is 3. The van der Waals surface area contributed by atoms with Crippen molar-refractivity contribution in [1.82, 2.24) is 0 Å². The van der Waals surface area contributed by atoms with Crippen molar-refractivity contribution < 1.29 is 38.0 Å². The van der Waals surface area contributed by atoms with Crippen LogP contribution in [0.1, 0.15) is 16.7 Å². The van der Waals surface area contributed by atoms with Crippen LogP contribution in [-0.4, -0.2) is 61.0 Å². The van der Waals surface area contributed by atoms with E-state index in [4.69, 9.17) is 51.6 Å². The molecular weight excluding hydrogens is 571 g/mol. The van der Waals surface area contributed by atoms with E-state index < -0.39 is 54.4 Å². The van der Waals surface area contributed by atoms with Gasteiger partial charge in [0.1, 0.15) is 30.1 Å². The highest BCUT2D eigenvalue weighted by Gasteiger charge is 2.51. The zero-order valence-corrected chi connectivity index (χ0v) is 23.8. The minimum absolute atomic E-state index is 0.0741. The maximum atomic E-state index is 12.4. The number of hydrogen-bond acceptors (Lipinski definition) is 8. The van der Waals surface area contributed by atoms with Crippen molar-refractivity contribution in [2.45, 2.75) is 50.5 Å². The van der Waals surface area contributed by atoms with Crippen LogP contribution in [0.15, 0.2) is 91.0 Å². The molecule has 1 heterocycles. The van der Waals surface area contributed by atoms with Gasteiger partial charge in [-0.05, 0) is 16.7 Å². The molecule has 0 N–H and O–H groups in total. The first-order valence-corrected chi connectivity index (χ1v) is 14.2. The van der Waals surface area contributed by atoms with Crippen molar-refractivity contribution in [2.24, 2.45) is 0 Å². The van der Waals surface area contributed by atoms with Gasteiger partial charge in [-0.3, -0.25) is 9.59 Å². The second kappa shape index (κ2) is 16.5. The normalized spacial score (nSPS) is 22.1. The topological polar surface area (TPSA) is 89.5 Å². The Balaban J connectivity index is 1.63. The molecule has 3 aromatic rings. The smallest absolute Gasteiger partial charge is 0.323 e. The zero-order valence-electron chi connectivity index (χ0n) is 22.3. The van der Waals surface area contributed by atoms with Gasteiger partial charge in [-0.15, -0.1) is 23.2 Å². The fourth-order valence-corrected chi connectivity index (χ4v) is 4.49. The summed E-state index contributed by atoms with van der Waals surface area (Å²) in [5.74, 6) is -2.33. The number of halogens is 2. The van der Waals surface area contributed by atoms with E-state index in [-0.39, 0.29) is 19.8 Å². The predicted molar refractivity (Wildman–Crippen MR) is 152 cm³/mol. The van der Waals surface area contributed by atoms with Gasteiger partial charge < -0.3 is 28.4 Å². The van der Waals surface area contributed by atoms with Crippen LogP contribution in [0.3, 0.4) is 0 Å². The molecule has 10 heteroatoms. The Morgan fingerprint density at radius 2 is 1.07 bits per heavy atom. The molecule has 5 atom stereocenters. The van der Waals surface area contributed by atoms with Crippen molar-refractivity contribution in [1.29, 1.82) is 0 Å². The molecule has 1 fully saturated rings. The largest absolute Gasteiger partial charge is 0.452 e. The first-order valence-electron chi connectivity index (χ1n) is 13.2. The van der Waals surface area contributed by atoms with Crippen LogP contribution >= 0.6 is 23.2 Å². The summed E-state index contributed by atoms with van der Waals surface area (Å²) in [6.45, 7) is 0.778. The van der Waals surface area contributed by atoms with Gasteiger partial charge in [0, 0.05) is 0 Å². The third-order valence-electron chi connectivity index (χ3n) is 6.29. The van der Waals surface area contributed by atoms with E-state index in [1.807, 2.05) is 91.0 Å². The molecule has 8 nitrogen and oxygen atoms in total. The molecule has 0 radical (unpaired) electrons. The summed E-state index contributed by atoms with van der Waals surface area (Å²) < 4.78 is 36.1. The average molecular weight is 603 g/mol. The Morgan fingerprint density at radius 3 is 1.59 bits per heavy atom. The van der Waals surface area contributed by atoms with E-state index in [1.165, 1.54) is 0 Å². The summed E-state index contributed by atoms with van der Waals surface area (Å²) in [5, 5.41) is 0. The van der Waals surface area contributed by atoms with Crippen LogP contribution in [0.5, 0.6) is 0 Å². The predicted octanol–water partition coefficient (Wildman–Crippen LogP) is 5.03. The molecule has 3 aromatic carbocycles. The summed E-state index contributed by atoms with van der Waals surface area (Å²) >= 11 is 11.5.